The summed E-state index contributed by atoms with van der Waals surface area (Å²) in [6.45, 7) is 0.0681. The molecule has 0 bridgehead atoms. The molecular weight excluding hydrogens is 294 g/mol. The molecule has 0 spiro atoms. The molecule has 0 aliphatic carbocycles. The van der Waals surface area contributed by atoms with Crippen LogP contribution in [0.15, 0.2) is 60.7 Å². The Balaban J connectivity index is 1.87. The second kappa shape index (κ2) is 6.46. The second-order valence-corrected chi connectivity index (χ2v) is 5.14. The van der Waals surface area contributed by atoms with Gasteiger partial charge >= 0.3 is 0 Å². The highest BCUT2D eigenvalue weighted by Gasteiger charge is 2.10. The van der Waals surface area contributed by atoms with Crippen molar-refractivity contribution in [2.75, 3.05) is 0 Å². The Morgan fingerprint density at radius 1 is 1.04 bits per heavy atom. The maximum Gasteiger partial charge on any atom is 0.269 e. The van der Waals surface area contributed by atoms with Crippen molar-refractivity contribution in [1.29, 1.82) is 0 Å². The molecule has 3 aromatic carbocycles. The van der Waals surface area contributed by atoms with E-state index in [0.717, 1.165) is 10.8 Å². The van der Waals surface area contributed by atoms with Gasteiger partial charge in [-0.2, -0.15) is 0 Å². The summed E-state index contributed by atoms with van der Waals surface area (Å²) in [4.78, 5) is 10.4. The molecule has 0 saturated carbocycles. The van der Waals surface area contributed by atoms with Crippen LogP contribution in [-0.4, -0.2) is 10.0 Å². The normalized spacial score (nSPS) is 10.7. The van der Waals surface area contributed by atoms with Gasteiger partial charge in [-0.05, 0) is 22.4 Å². The van der Waals surface area contributed by atoms with E-state index in [1.54, 1.807) is 12.1 Å². The topological polar surface area (TPSA) is 72.6 Å². The van der Waals surface area contributed by atoms with E-state index in [2.05, 4.69) is 0 Å². The predicted octanol–water partition coefficient (Wildman–Crippen LogP) is 3.82. The Kier molecular flexibility index (Phi) is 4.21. The number of aliphatic hydroxyl groups excluding tert-OH is 1. The van der Waals surface area contributed by atoms with Crippen LogP contribution in [0.4, 0.5) is 5.69 Å². The zero-order valence-electron chi connectivity index (χ0n) is 12.3. The number of benzene rings is 3. The monoisotopic (exact) mass is 309 g/mol. The van der Waals surface area contributed by atoms with Gasteiger partial charge in [0.15, 0.2) is 0 Å². The SMILES string of the molecule is O=[N+]([O-])c1cccc(COc2ccc3ccccc3c2CO)c1. The number of rotatable bonds is 5. The Morgan fingerprint density at radius 3 is 2.65 bits per heavy atom. The molecule has 0 atom stereocenters. The van der Waals surface area contributed by atoms with Crippen LogP contribution >= 0.6 is 0 Å². The first-order valence-electron chi connectivity index (χ1n) is 7.16. The second-order valence-electron chi connectivity index (χ2n) is 5.14. The highest BCUT2D eigenvalue weighted by atomic mass is 16.6. The Labute approximate surface area is 132 Å². The van der Waals surface area contributed by atoms with Crippen LogP contribution in [-0.2, 0) is 13.2 Å². The van der Waals surface area contributed by atoms with Crippen molar-refractivity contribution in [2.24, 2.45) is 0 Å². The van der Waals surface area contributed by atoms with Crippen molar-refractivity contribution in [3.05, 3.63) is 81.9 Å². The number of aliphatic hydroxyl groups is 1. The predicted molar refractivity (Wildman–Crippen MR) is 87.3 cm³/mol. The number of ether oxygens (including phenoxy) is 1. The van der Waals surface area contributed by atoms with Crippen LogP contribution < -0.4 is 4.74 Å². The lowest BCUT2D eigenvalue weighted by Crippen LogP contribution is -2.00. The zero-order valence-corrected chi connectivity index (χ0v) is 12.3. The van der Waals surface area contributed by atoms with E-state index in [1.165, 1.54) is 12.1 Å². The maximum atomic E-state index is 10.8. The fourth-order valence-corrected chi connectivity index (χ4v) is 2.54. The summed E-state index contributed by atoms with van der Waals surface area (Å²) in [6, 6.07) is 17.8. The molecule has 0 aromatic heterocycles. The highest BCUT2D eigenvalue weighted by Crippen LogP contribution is 2.29. The average Bonchev–Trinajstić information content (AvgIpc) is 2.59. The fourth-order valence-electron chi connectivity index (χ4n) is 2.54. The van der Waals surface area contributed by atoms with Crippen molar-refractivity contribution >= 4 is 16.5 Å². The summed E-state index contributed by atoms with van der Waals surface area (Å²) in [5.41, 5.74) is 1.46. The van der Waals surface area contributed by atoms with Crippen molar-refractivity contribution in [3.63, 3.8) is 0 Å². The van der Waals surface area contributed by atoms with Gasteiger partial charge in [-0.15, -0.1) is 0 Å². The average molecular weight is 309 g/mol. The summed E-state index contributed by atoms with van der Waals surface area (Å²) in [5.74, 6) is 0.581. The maximum absolute atomic E-state index is 10.8. The lowest BCUT2D eigenvalue weighted by molar-refractivity contribution is -0.384. The van der Waals surface area contributed by atoms with Crippen molar-refractivity contribution in [2.45, 2.75) is 13.2 Å². The molecule has 1 N–H and O–H groups in total. The lowest BCUT2D eigenvalue weighted by atomic mass is 10.0. The molecule has 3 rings (SSSR count). The lowest BCUT2D eigenvalue weighted by Gasteiger charge is -2.13. The molecule has 116 valence electrons. The molecule has 0 saturated heterocycles. The summed E-state index contributed by atoms with van der Waals surface area (Å²) in [6.07, 6.45) is 0. The van der Waals surface area contributed by atoms with Gasteiger partial charge in [-0.1, -0.05) is 42.5 Å². The molecule has 0 fully saturated rings. The summed E-state index contributed by atoms with van der Waals surface area (Å²) in [5, 5.41) is 22.4. The van der Waals surface area contributed by atoms with Gasteiger partial charge in [0.25, 0.3) is 5.69 Å². The van der Waals surface area contributed by atoms with Crippen LogP contribution in [0.3, 0.4) is 0 Å². The van der Waals surface area contributed by atoms with Gasteiger partial charge < -0.3 is 9.84 Å². The molecule has 5 nitrogen and oxygen atoms in total. The third-order valence-corrected chi connectivity index (χ3v) is 3.67. The van der Waals surface area contributed by atoms with Gasteiger partial charge in [-0.25, -0.2) is 0 Å². The van der Waals surface area contributed by atoms with Crippen LogP contribution in [0.5, 0.6) is 5.75 Å². The quantitative estimate of drug-likeness (QED) is 0.574. The highest BCUT2D eigenvalue weighted by molar-refractivity contribution is 5.87. The van der Waals surface area contributed by atoms with Crippen LogP contribution in [0.1, 0.15) is 11.1 Å². The number of hydrogen-bond donors (Lipinski definition) is 1. The van der Waals surface area contributed by atoms with E-state index in [4.69, 9.17) is 4.74 Å². The molecule has 0 unspecified atom stereocenters. The molecule has 0 aliphatic heterocycles. The molecule has 0 radical (unpaired) electrons. The Bertz CT molecular complexity index is 861. The molecule has 5 heteroatoms. The first kappa shape index (κ1) is 15.0. The van der Waals surface area contributed by atoms with E-state index in [0.29, 0.717) is 16.9 Å². The largest absolute Gasteiger partial charge is 0.489 e. The van der Waals surface area contributed by atoms with E-state index in [1.807, 2.05) is 36.4 Å². The molecule has 0 amide bonds. The van der Waals surface area contributed by atoms with E-state index < -0.39 is 4.92 Å². The van der Waals surface area contributed by atoms with Crippen molar-refractivity contribution in [1.82, 2.24) is 0 Å². The van der Waals surface area contributed by atoms with E-state index in [9.17, 15) is 15.2 Å². The Morgan fingerprint density at radius 2 is 1.87 bits per heavy atom. The summed E-state index contributed by atoms with van der Waals surface area (Å²) < 4.78 is 5.77. The third-order valence-electron chi connectivity index (χ3n) is 3.67. The number of hydrogen-bond acceptors (Lipinski definition) is 4. The minimum atomic E-state index is -0.432. The first-order chi connectivity index (χ1) is 11.2. The number of nitro groups is 1. The summed E-state index contributed by atoms with van der Waals surface area (Å²) in [7, 11) is 0. The molecule has 23 heavy (non-hydrogen) atoms. The van der Waals surface area contributed by atoms with Crippen LogP contribution in [0.2, 0.25) is 0 Å². The minimum absolute atomic E-state index is 0.0343. The van der Waals surface area contributed by atoms with Crippen molar-refractivity contribution in [3.8, 4) is 5.75 Å². The van der Waals surface area contributed by atoms with Crippen molar-refractivity contribution < 1.29 is 14.8 Å². The minimum Gasteiger partial charge on any atom is -0.489 e. The number of nitro benzene ring substituents is 1. The summed E-state index contributed by atoms with van der Waals surface area (Å²) >= 11 is 0. The van der Waals surface area contributed by atoms with E-state index in [-0.39, 0.29) is 18.9 Å². The fraction of sp³-hybridized carbons (Fsp3) is 0.111. The van der Waals surface area contributed by atoms with Gasteiger partial charge in [0, 0.05) is 17.7 Å². The number of nitrogens with zero attached hydrogens (tertiary/aromatic N) is 1. The van der Waals surface area contributed by atoms with Crippen LogP contribution in [0, 0.1) is 10.1 Å². The smallest absolute Gasteiger partial charge is 0.269 e. The number of fused-ring (bicyclic) bond motifs is 1. The number of non-ortho nitro benzene ring substituents is 1. The molecule has 0 aliphatic rings. The molecule has 3 aromatic rings. The standard InChI is InChI=1S/C18H15NO4/c20-11-17-16-7-2-1-5-14(16)8-9-18(17)23-12-13-4-3-6-15(10-13)19(21)22/h1-10,20H,11-12H2. The van der Waals surface area contributed by atoms with Gasteiger partial charge in [0.1, 0.15) is 12.4 Å². The van der Waals surface area contributed by atoms with Gasteiger partial charge in [0.05, 0.1) is 11.5 Å². The van der Waals surface area contributed by atoms with Crippen LogP contribution in [0.25, 0.3) is 10.8 Å². The molecule has 0 heterocycles. The zero-order chi connectivity index (χ0) is 16.2. The van der Waals surface area contributed by atoms with E-state index >= 15 is 0 Å². The first-order valence-corrected chi connectivity index (χ1v) is 7.16. The Hall–Kier alpha value is -2.92. The molecular formula is C18H15NO4. The van der Waals surface area contributed by atoms with Gasteiger partial charge in [-0.3, -0.25) is 10.1 Å². The third kappa shape index (κ3) is 3.14. The van der Waals surface area contributed by atoms with Gasteiger partial charge in [0.2, 0.25) is 0 Å².